The standard InChI is InChI=1S/C34H29N/c1-3-9-29-27(7-1)33-25(22-12-13-32-28(19-22)26-6-2-4-11-31(26)35-32)8-5-10-30(33)34(29)23-15-20-14-21(17-23)18-24(34)16-20/h1-13,19-21,23-24,35H,14-18H2. The number of hydrogen-bond donors (Lipinski definition) is 1. The highest BCUT2D eigenvalue weighted by Gasteiger charge is 2.61. The van der Waals surface area contributed by atoms with Crippen LogP contribution in [0.3, 0.4) is 0 Å². The first kappa shape index (κ1) is 18.9. The predicted molar refractivity (Wildman–Crippen MR) is 145 cm³/mol. The Hall–Kier alpha value is -3.32. The Morgan fingerprint density at radius 2 is 1.26 bits per heavy atom. The smallest absolute Gasteiger partial charge is 0.0465 e. The van der Waals surface area contributed by atoms with E-state index in [0.29, 0.717) is 0 Å². The van der Waals surface area contributed by atoms with Gasteiger partial charge in [0.05, 0.1) is 0 Å². The van der Waals surface area contributed by atoms with E-state index in [1.807, 2.05) is 0 Å². The van der Waals surface area contributed by atoms with Crippen molar-refractivity contribution < 1.29 is 0 Å². The second-order valence-electron chi connectivity index (χ2n) is 11.9. The first-order valence-corrected chi connectivity index (χ1v) is 13.5. The fourth-order valence-corrected chi connectivity index (χ4v) is 9.46. The summed E-state index contributed by atoms with van der Waals surface area (Å²) in [5.41, 5.74) is 11.7. The Bertz CT molecular complexity index is 1640. The zero-order valence-corrected chi connectivity index (χ0v) is 19.9. The molecule has 1 nitrogen and oxygen atoms in total. The molecule has 35 heavy (non-hydrogen) atoms. The number of hydrogen-bond acceptors (Lipinski definition) is 0. The van der Waals surface area contributed by atoms with Gasteiger partial charge in [-0.25, -0.2) is 0 Å². The van der Waals surface area contributed by atoms with Gasteiger partial charge < -0.3 is 4.98 Å². The van der Waals surface area contributed by atoms with Crippen molar-refractivity contribution in [2.24, 2.45) is 23.7 Å². The molecule has 5 aliphatic carbocycles. The zero-order valence-electron chi connectivity index (χ0n) is 19.9. The van der Waals surface area contributed by atoms with Crippen LogP contribution in [0.15, 0.2) is 84.9 Å². The van der Waals surface area contributed by atoms with Crippen LogP contribution in [-0.2, 0) is 5.41 Å². The molecule has 0 aliphatic heterocycles. The molecule has 1 heterocycles. The van der Waals surface area contributed by atoms with Crippen LogP contribution < -0.4 is 0 Å². The summed E-state index contributed by atoms with van der Waals surface area (Å²) in [5, 5.41) is 2.64. The largest absolute Gasteiger partial charge is 0.355 e. The Balaban J connectivity index is 1.32. The molecular formula is C34H29N. The predicted octanol–water partition coefficient (Wildman–Crippen LogP) is 8.71. The summed E-state index contributed by atoms with van der Waals surface area (Å²) in [6, 6.07) is 32.4. The van der Waals surface area contributed by atoms with Crippen molar-refractivity contribution in [1.29, 1.82) is 0 Å². The van der Waals surface area contributed by atoms with Gasteiger partial charge in [-0.1, -0.05) is 66.7 Å². The number of para-hydroxylation sites is 1. The van der Waals surface area contributed by atoms with E-state index >= 15 is 0 Å². The Morgan fingerprint density at radius 3 is 2.11 bits per heavy atom. The topological polar surface area (TPSA) is 15.8 Å². The van der Waals surface area contributed by atoms with E-state index < -0.39 is 0 Å². The average Bonchev–Trinajstić information content (AvgIpc) is 3.41. The van der Waals surface area contributed by atoms with Crippen LogP contribution in [0.2, 0.25) is 0 Å². The van der Waals surface area contributed by atoms with Gasteiger partial charge in [0.2, 0.25) is 0 Å². The molecule has 0 atom stereocenters. The lowest BCUT2D eigenvalue weighted by Gasteiger charge is -2.61. The maximum Gasteiger partial charge on any atom is 0.0465 e. The third kappa shape index (κ3) is 2.26. The molecule has 4 fully saturated rings. The van der Waals surface area contributed by atoms with Gasteiger partial charge in [-0.05, 0) is 107 Å². The first-order chi connectivity index (χ1) is 17.3. The van der Waals surface area contributed by atoms with Crippen molar-refractivity contribution in [2.45, 2.75) is 37.5 Å². The lowest BCUT2D eigenvalue weighted by atomic mass is 9.43. The van der Waals surface area contributed by atoms with E-state index in [1.165, 1.54) is 76.2 Å². The van der Waals surface area contributed by atoms with Gasteiger partial charge in [0.1, 0.15) is 0 Å². The number of H-pyrrole nitrogens is 1. The van der Waals surface area contributed by atoms with Crippen molar-refractivity contribution in [3.8, 4) is 22.3 Å². The third-order valence-electron chi connectivity index (χ3n) is 10.4. The molecule has 0 amide bonds. The van der Waals surface area contributed by atoms with Gasteiger partial charge in [-0.15, -0.1) is 0 Å². The Kier molecular flexibility index (Phi) is 3.50. The second-order valence-corrected chi connectivity index (χ2v) is 11.9. The van der Waals surface area contributed by atoms with Gasteiger partial charge in [-0.3, -0.25) is 0 Å². The number of benzene rings is 4. The maximum atomic E-state index is 3.61. The van der Waals surface area contributed by atoms with Gasteiger partial charge >= 0.3 is 0 Å². The van der Waals surface area contributed by atoms with Crippen LogP contribution in [0.5, 0.6) is 0 Å². The summed E-state index contributed by atoms with van der Waals surface area (Å²) >= 11 is 0. The molecule has 0 radical (unpaired) electrons. The summed E-state index contributed by atoms with van der Waals surface area (Å²) in [6.45, 7) is 0. The van der Waals surface area contributed by atoms with Crippen molar-refractivity contribution in [2.75, 3.05) is 0 Å². The lowest BCUT2D eigenvalue weighted by Crippen LogP contribution is -2.55. The third-order valence-corrected chi connectivity index (χ3v) is 10.4. The molecule has 5 aromatic rings. The second kappa shape index (κ2) is 6.46. The molecular weight excluding hydrogens is 422 g/mol. The molecule has 1 spiro atoms. The summed E-state index contributed by atoms with van der Waals surface area (Å²) in [4.78, 5) is 3.61. The number of nitrogens with one attached hydrogen (secondary N) is 1. The highest BCUT2D eigenvalue weighted by molar-refractivity contribution is 6.09. The minimum atomic E-state index is 0.236. The molecule has 0 saturated heterocycles. The molecule has 0 unspecified atom stereocenters. The molecule has 4 aromatic carbocycles. The normalized spacial score (nSPS) is 29.8. The number of aromatic nitrogens is 1. The summed E-state index contributed by atoms with van der Waals surface area (Å²) in [7, 11) is 0. The van der Waals surface area contributed by atoms with E-state index in [1.54, 1.807) is 11.1 Å². The lowest BCUT2D eigenvalue weighted by molar-refractivity contribution is -0.0399. The summed E-state index contributed by atoms with van der Waals surface area (Å²) in [5.74, 6) is 3.58. The zero-order chi connectivity index (χ0) is 22.7. The van der Waals surface area contributed by atoms with Crippen molar-refractivity contribution >= 4 is 21.8 Å². The maximum absolute atomic E-state index is 3.61. The van der Waals surface area contributed by atoms with Gasteiger partial charge in [0.25, 0.3) is 0 Å². The summed E-state index contributed by atoms with van der Waals surface area (Å²) < 4.78 is 0. The molecule has 1 N–H and O–H groups in total. The van der Waals surface area contributed by atoms with Crippen LogP contribution in [-0.4, -0.2) is 4.98 Å². The van der Waals surface area contributed by atoms with Crippen LogP contribution in [0.1, 0.15) is 43.2 Å². The molecule has 5 aliphatic rings. The summed E-state index contributed by atoms with van der Waals surface area (Å²) in [6.07, 6.45) is 7.25. The van der Waals surface area contributed by atoms with Crippen LogP contribution >= 0.6 is 0 Å². The number of fused-ring (bicyclic) bond motifs is 6. The molecule has 4 saturated carbocycles. The molecule has 4 bridgehead atoms. The molecule has 1 aromatic heterocycles. The fraction of sp³-hybridized carbons (Fsp3) is 0.294. The SMILES string of the molecule is c1ccc2c(c1)-c1c(-c3ccc4[nH]c5ccccc5c4c3)cccc1C21C2CC3CC(C2)CC1C3. The fourth-order valence-electron chi connectivity index (χ4n) is 9.46. The Morgan fingerprint density at radius 1 is 0.571 bits per heavy atom. The van der Waals surface area contributed by atoms with E-state index in [2.05, 4.69) is 89.9 Å². The van der Waals surface area contributed by atoms with E-state index in [4.69, 9.17) is 0 Å². The van der Waals surface area contributed by atoms with Gasteiger partial charge in [-0.2, -0.15) is 0 Å². The molecule has 170 valence electrons. The monoisotopic (exact) mass is 451 g/mol. The van der Waals surface area contributed by atoms with Crippen LogP contribution in [0.25, 0.3) is 44.1 Å². The average molecular weight is 452 g/mol. The number of aromatic amines is 1. The highest BCUT2D eigenvalue weighted by Crippen LogP contribution is 2.69. The minimum Gasteiger partial charge on any atom is -0.355 e. The quantitative estimate of drug-likeness (QED) is 0.262. The van der Waals surface area contributed by atoms with E-state index in [9.17, 15) is 0 Å². The van der Waals surface area contributed by atoms with E-state index in [0.717, 1.165) is 23.7 Å². The van der Waals surface area contributed by atoms with Crippen molar-refractivity contribution in [1.82, 2.24) is 4.98 Å². The van der Waals surface area contributed by atoms with Gasteiger partial charge in [0.15, 0.2) is 0 Å². The van der Waals surface area contributed by atoms with Crippen LogP contribution in [0.4, 0.5) is 0 Å². The number of rotatable bonds is 1. The minimum absolute atomic E-state index is 0.236. The van der Waals surface area contributed by atoms with Crippen molar-refractivity contribution in [3.05, 3.63) is 96.1 Å². The van der Waals surface area contributed by atoms with E-state index in [-0.39, 0.29) is 5.41 Å². The van der Waals surface area contributed by atoms with Crippen LogP contribution in [0, 0.1) is 23.7 Å². The molecule has 10 rings (SSSR count). The van der Waals surface area contributed by atoms with Gasteiger partial charge in [0, 0.05) is 27.2 Å². The van der Waals surface area contributed by atoms with Crippen molar-refractivity contribution in [3.63, 3.8) is 0 Å². The first-order valence-electron chi connectivity index (χ1n) is 13.5. The highest BCUT2D eigenvalue weighted by atomic mass is 14.7. The molecule has 1 heteroatoms. The Labute approximate surface area is 206 Å².